The van der Waals surface area contributed by atoms with E-state index in [0.29, 0.717) is 66.8 Å². The van der Waals surface area contributed by atoms with Crippen LogP contribution < -0.4 is 31.7 Å². The Morgan fingerprint density at radius 2 is 1.73 bits per heavy atom. The molecule has 3 aromatic carbocycles. The van der Waals surface area contributed by atoms with Gasteiger partial charge in [0.1, 0.15) is 5.78 Å². The lowest BCUT2D eigenvalue weighted by Crippen LogP contribution is -2.57. The summed E-state index contributed by atoms with van der Waals surface area (Å²) in [6.07, 6.45) is 29.2. The maximum atomic E-state index is 14.2. The van der Waals surface area contributed by atoms with Crippen LogP contribution in [0.3, 0.4) is 0 Å². The van der Waals surface area contributed by atoms with Gasteiger partial charge >= 0.3 is 0 Å². The van der Waals surface area contributed by atoms with Crippen molar-refractivity contribution in [3.8, 4) is 11.5 Å². The highest BCUT2D eigenvalue weighted by atomic mass is 16.5. The second-order valence-electron chi connectivity index (χ2n) is 24.0. The normalized spacial score (nSPS) is 30.5. The molecule has 1 saturated heterocycles. The number of Topliss-reactive ketones (excluding diaryl/α,β-unsaturated/α-hetero) is 1. The molecule has 4 saturated carbocycles. The smallest absolute Gasteiger partial charge is 0.163 e. The number of hydrogen-bond donors (Lipinski definition) is 7. The Balaban J connectivity index is 0.819. The van der Waals surface area contributed by atoms with E-state index in [0.717, 1.165) is 93.3 Å². The van der Waals surface area contributed by atoms with Crippen molar-refractivity contribution in [1.29, 1.82) is 0 Å². The fourth-order valence-corrected chi connectivity index (χ4v) is 16.2. The second kappa shape index (κ2) is 23.6. The third kappa shape index (κ3) is 11.9. The van der Waals surface area contributed by atoms with Crippen molar-refractivity contribution in [3.05, 3.63) is 136 Å². The Hall–Kier alpha value is -4.84. The zero-order chi connectivity index (χ0) is 51.2. The molecule has 0 bridgehead atoms. The number of aliphatic hydroxyl groups excluding tert-OH is 1. The molecule has 4 aliphatic carbocycles. The highest BCUT2D eigenvalue weighted by Crippen LogP contribution is 2.69. The Labute approximate surface area is 441 Å². The van der Waals surface area contributed by atoms with Crippen LogP contribution in [-0.4, -0.2) is 79.4 Å². The first-order valence-corrected chi connectivity index (χ1v) is 28.7. The number of aliphatic hydroxyl groups is 1. The standard InChI is InChI=1S/C64H85N5O5/c1-42(70)39-68-60-38-63(37-56-55-23-27-66-40-52(55)30-49-14-9-26-67-62(49)56)36-46(18-22-59(63)64(60)24-6-7-25-64)29-54(72)35-53(71)21-20-47-33-58(74-2)57(73)32-50(47)31-51-41-69-61(65)34-48(51)19-17-45-13-8-12-44(28-45)16-15-43-10-4-3-5-11-43/h3-5,8-14,20-21,28,32-34,41-42,46,49,52,55-56,59-62,66-70,73H,6-7,15-19,22-27,29-31,35-40,65H2,1-2H3/b21-20+/t42-,46-,49-,52-,55+,56-,59+,60-,61?,62+,63-/m0/s1. The molecule has 7 aliphatic rings. The van der Waals surface area contributed by atoms with Crippen molar-refractivity contribution in [2.45, 2.75) is 147 Å². The molecule has 3 heterocycles. The van der Waals surface area contributed by atoms with Gasteiger partial charge in [0.2, 0.25) is 0 Å². The lowest BCUT2D eigenvalue weighted by atomic mass is 9.52. The number of allylic oxidation sites excluding steroid dienone is 3. The Bertz CT molecular complexity index is 2560. The molecule has 10 nitrogen and oxygen atoms in total. The summed E-state index contributed by atoms with van der Waals surface area (Å²) in [7, 11) is 1.53. The van der Waals surface area contributed by atoms with Crippen LogP contribution >= 0.6 is 0 Å². The van der Waals surface area contributed by atoms with Crippen molar-refractivity contribution in [3.63, 3.8) is 0 Å². The van der Waals surface area contributed by atoms with Gasteiger partial charge in [0, 0.05) is 37.8 Å². The number of rotatable bonds is 20. The molecule has 1 spiro atoms. The molecule has 3 aliphatic heterocycles. The number of benzene rings is 3. The number of carbonyl (C=O) groups is 2. The number of phenolic OH excluding ortho intramolecular Hbond substituents is 1. The van der Waals surface area contributed by atoms with Crippen LogP contribution in [0.2, 0.25) is 0 Å². The summed E-state index contributed by atoms with van der Waals surface area (Å²) < 4.78 is 5.56. The first kappa shape index (κ1) is 52.6. The van der Waals surface area contributed by atoms with E-state index in [-0.39, 0.29) is 46.7 Å². The molecule has 11 atom stereocenters. The predicted octanol–water partition coefficient (Wildman–Crippen LogP) is 9.48. The predicted molar refractivity (Wildman–Crippen MR) is 296 cm³/mol. The van der Waals surface area contributed by atoms with Gasteiger partial charge in [-0.1, -0.05) is 85.7 Å². The molecule has 10 rings (SSSR count). The van der Waals surface area contributed by atoms with E-state index in [1.54, 1.807) is 24.3 Å². The number of methoxy groups -OCH3 is 1. The number of hydrogen-bond acceptors (Lipinski definition) is 10. The third-order valence-electron chi connectivity index (χ3n) is 19.3. The van der Waals surface area contributed by atoms with Crippen molar-refractivity contribution >= 4 is 17.6 Å². The van der Waals surface area contributed by atoms with Gasteiger partial charge < -0.3 is 42.0 Å². The van der Waals surface area contributed by atoms with Crippen LogP contribution in [-0.2, 0) is 35.3 Å². The molecular formula is C64H85N5O5. The molecular weight excluding hydrogens is 919 g/mol. The van der Waals surface area contributed by atoms with Gasteiger partial charge in [0.15, 0.2) is 17.3 Å². The summed E-state index contributed by atoms with van der Waals surface area (Å²) in [5.41, 5.74) is 14.5. The number of ether oxygens (including phenoxy) is 1. The number of aromatic hydroxyl groups is 1. The van der Waals surface area contributed by atoms with E-state index in [2.05, 4.69) is 94.1 Å². The summed E-state index contributed by atoms with van der Waals surface area (Å²) in [6.45, 7) is 5.69. The van der Waals surface area contributed by atoms with Crippen LogP contribution in [0.5, 0.6) is 11.5 Å². The largest absolute Gasteiger partial charge is 0.504 e. The van der Waals surface area contributed by atoms with Crippen LogP contribution in [0, 0.1) is 46.3 Å². The molecule has 5 fully saturated rings. The zero-order valence-electron chi connectivity index (χ0n) is 44.3. The number of carbonyl (C=O) groups excluding carboxylic acids is 2. The third-order valence-corrected chi connectivity index (χ3v) is 19.3. The molecule has 3 aromatic rings. The fraction of sp³-hybridized carbons (Fsp3) is 0.562. The number of piperidine rings is 1. The van der Waals surface area contributed by atoms with Crippen molar-refractivity contribution in [1.82, 2.24) is 21.3 Å². The van der Waals surface area contributed by atoms with Crippen molar-refractivity contribution < 1.29 is 24.5 Å². The number of nitrogens with two attached hydrogens (primary N) is 1. The highest BCUT2D eigenvalue weighted by molar-refractivity contribution is 6.06. The van der Waals surface area contributed by atoms with Crippen LogP contribution in [0.15, 0.2) is 108 Å². The first-order valence-electron chi connectivity index (χ1n) is 28.7. The number of aryl methyl sites for hydroxylation is 3. The monoisotopic (exact) mass is 1000 g/mol. The summed E-state index contributed by atoms with van der Waals surface area (Å²) in [5, 5.41) is 36.6. The highest BCUT2D eigenvalue weighted by Gasteiger charge is 2.64. The fourth-order valence-electron chi connectivity index (χ4n) is 16.2. The average molecular weight is 1000 g/mol. The van der Waals surface area contributed by atoms with Crippen molar-refractivity contribution in [2.24, 2.45) is 52.1 Å². The van der Waals surface area contributed by atoms with Gasteiger partial charge in [0.25, 0.3) is 0 Å². The Morgan fingerprint density at radius 1 is 0.946 bits per heavy atom. The van der Waals surface area contributed by atoms with Gasteiger partial charge in [-0.15, -0.1) is 0 Å². The maximum Gasteiger partial charge on any atom is 0.163 e. The number of nitrogens with one attached hydrogen (secondary N) is 4. The van der Waals surface area contributed by atoms with E-state index in [1.807, 2.05) is 13.1 Å². The van der Waals surface area contributed by atoms with Gasteiger partial charge in [-0.2, -0.15) is 0 Å². The van der Waals surface area contributed by atoms with E-state index in [1.165, 1.54) is 68.7 Å². The minimum absolute atomic E-state index is 0.0284. The molecule has 8 N–H and O–H groups in total. The molecule has 0 amide bonds. The minimum atomic E-state index is -0.393. The number of phenols is 1. The molecule has 74 heavy (non-hydrogen) atoms. The first-order chi connectivity index (χ1) is 36.0. The minimum Gasteiger partial charge on any atom is -0.504 e. The average Bonchev–Trinajstić information content (AvgIpc) is 3.99. The summed E-state index contributed by atoms with van der Waals surface area (Å²) in [6, 6.07) is 23.9. The summed E-state index contributed by atoms with van der Waals surface area (Å²) >= 11 is 0. The van der Waals surface area contributed by atoms with Crippen LogP contribution in [0.25, 0.3) is 6.08 Å². The van der Waals surface area contributed by atoms with Gasteiger partial charge in [-0.25, -0.2) is 0 Å². The Morgan fingerprint density at radius 3 is 2.53 bits per heavy atom. The SMILES string of the molecule is COc1cc(/C=C/C(=O)CC(=O)C[C@@H]2CC[C@H]3C4(CCCC4)[C@@H](NC[C@H](C)O)C[C@@]3(C[C@H]3[C@@H]4CCNC[C@@H]4C[C@@H]4C=CCN[C@@H]34)C2)c(CC2=CNC(N)C=C2CCc2cccc(CCc3ccccc3)c2)cc1O. The van der Waals surface area contributed by atoms with Crippen molar-refractivity contribution in [2.75, 3.05) is 33.3 Å². The topological polar surface area (TPSA) is 158 Å². The van der Waals surface area contributed by atoms with Gasteiger partial charge in [-0.05, 0) is 219 Å². The lowest BCUT2D eigenvalue weighted by molar-refractivity contribution is -0.126. The summed E-state index contributed by atoms with van der Waals surface area (Å²) in [4.78, 5) is 28.1. The van der Waals surface area contributed by atoms with E-state index in [4.69, 9.17) is 10.5 Å². The quantitative estimate of drug-likeness (QED) is 0.0331. The molecule has 0 radical (unpaired) electrons. The maximum absolute atomic E-state index is 14.2. The zero-order valence-corrected chi connectivity index (χ0v) is 44.3. The molecule has 0 aromatic heterocycles. The second-order valence-corrected chi connectivity index (χ2v) is 24.0. The number of fused-ring (bicyclic) bond motifs is 4. The molecule has 396 valence electrons. The van der Waals surface area contributed by atoms with Crippen LogP contribution in [0.4, 0.5) is 0 Å². The van der Waals surface area contributed by atoms with Crippen LogP contribution in [0.1, 0.15) is 125 Å². The van der Waals surface area contributed by atoms with E-state index < -0.39 is 6.10 Å². The molecule has 10 heteroatoms. The number of ketones is 2. The number of dihydropyridines is 1. The van der Waals surface area contributed by atoms with E-state index >= 15 is 0 Å². The summed E-state index contributed by atoms with van der Waals surface area (Å²) in [5.74, 6) is 3.59. The lowest BCUT2D eigenvalue weighted by Gasteiger charge is -2.55. The molecule has 1 unspecified atom stereocenters. The van der Waals surface area contributed by atoms with Gasteiger partial charge in [-0.3, -0.25) is 9.59 Å². The van der Waals surface area contributed by atoms with Gasteiger partial charge in [0.05, 0.1) is 25.8 Å². The Kier molecular flexibility index (Phi) is 16.8. The van der Waals surface area contributed by atoms with E-state index in [9.17, 15) is 19.8 Å².